The summed E-state index contributed by atoms with van der Waals surface area (Å²) in [7, 11) is 0. The lowest BCUT2D eigenvalue weighted by atomic mass is 10.1. The molecule has 608 valence electrons. The molecule has 0 unspecified atom stereocenters. The van der Waals surface area contributed by atoms with Crippen LogP contribution in [0.3, 0.4) is 0 Å². The number of nitrogens with zero attached hydrogens (tertiary/aromatic N) is 5. The van der Waals surface area contributed by atoms with E-state index in [9.17, 15) is 107 Å². The van der Waals surface area contributed by atoms with Crippen molar-refractivity contribution in [1.29, 1.82) is 0 Å². The van der Waals surface area contributed by atoms with Crippen LogP contribution in [0.25, 0.3) is 0 Å². The Hall–Kier alpha value is -10.6. The molecule has 43 nitrogen and oxygen atoms in total. The Morgan fingerprint density at radius 2 is 0.835 bits per heavy atom. The number of halogens is 1. The number of hydrogen-bond acceptors (Lipinski definition) is 24. The Morgan fingerprint density at radius 3 is 1.26 bits per heavy atom. The van der Waals surface area contributed by atoms with Gasteiger partial charge in [0.25, 0.3) is 0 Å². The van der Waals surface area contributed by atoms with Gasteiger partial charge in [-0.3, -0.25) is 101 Å². The molecule has 14 amide bonds. The Kier molecular flexibility index (Phi) is 46.9. The number of imidazole rings is 2. The molecule has 0 bridgehead atoms. The van der Waals surface area contributed by atoms with Gasteiger partial charge < -0.3 is 105 Å². The van der Waals surface area contributed by atoms with Crippen LogP contribution in [0.15, 0.2) is 25.0 Å². The summed E-state index contributed by atoms with van der Waals surface area (Å²) >= 11 is 6.94. The molecule has 2 aromatic heterocycles. The molecule has 0 saturated heterocycles. The number of carbonyl (C=O) groups is 18. The minimum absolute atomic E-state index is 0.0170. The Morgan fingerprint density at radius 1 is 0.440 bits per heavy atom. The summed E-state index contributed by atoms with van der Waals surface area (Å²) in [5.74, 6) is -16.3. The average Bonchev–Trinajstić information content (AvgIpc) is 1.83. The summed E-state index contributed by atoms with van der Waals surface area (Å²) in [6.07, 6.45) is 7.05. The number of thioether (sulfide) groups is 1. The van der Waals surface area contributed by atoms with Gasteiger partial charge in [0.15, 0.2) is 0 Å². The van der Waals surface area contributed by atoms with Crippen LogP contribution in [0.2, 0.25) is 0 Å². The van der Waals surface area contributed by atoms with E-state index < -0.39 is 189 Å². The fourth-order valence-corrected chi connectivity index (χ4v) is 10.6. The Bertz CT molecular complexity index is 3310. The van der Waals surface area contributed by atoms with Crippen LogP contribution in [0.1, 0.15) is 96.4 Å². The second kappa shape index (κ2) is 54.1. The lowest BCUT2D eigenvalue weighted by molar-refractivity contribution is -0.143. The first-order valence-corrected chi connectivity index (χ1v) is 36.6. The number of amides is 14. The molecule has 0 aromatic carbocycles. The highest BCUT2D eigenvalue weighted by molar-refractivity contribution is 7.99. The van der Waals surface area contributed by atoms with Gasteiger partial charge in [-0.15, -0.1) is 11.6 Å². The molecule has 0 fully saturated rings. The molecular weight excluding hydrogens is 1480 g/mol. The largest absolute Gasteiger partial charge is 0.480 e. The minimum atomic E-state index is -1.81. The van der Waals surface area contributed by atoms with E-state index in [1.807, 2.05) is 0 Å². The predicted molar refractivity (Wildman–Crippen MR) is 388 cm³/mol. The summed E-state index contributed by atoms with van der Waals surface area (Å²) in [5.41, 5.74) is 7.25. The number of aromatic nitrogens is 4. The second-order valence-corrected chi connectivity index (χ2v) is 26.2. The van der Waals surface area contributed by atoms with Crippen molar-refractivity contribution in [3.8, 4) is 0 Å². The number of nitrogens with two attached hydrogens (primary N) is 1. The zero-order valence-corrected chi connectivity index (χ0v) is 62.5. The lowest BCUT2D eigenvalue weighted by Gasteiger charge is -2.28. The number of unbranched alkanes of at least 4 members (excludes halogenated alkanes) is 2. The maximum absolute atomic E-state index is 14.3. The van der Waals surface area contributed by atoms with E-state index in [4.69, 9.17) is 17.3 Å². The number of primary amides is 1. The van der Waals surface area contributed by atoms with E-state index in [0.717, 1.165) is 21.2 Å². The monoisotopic (exact) mass is 1580 g/mol. The normalized spacial score (nSPS) is 12.6. The second-order valence-electron chi connectivity index (χ2n) is 24.6. The van der Waals surface area contributed by atoms with Crippen molar-refractivity contribution in [3.05, 3.63) is 36.4 Å². The maximum Gasteiger partial charge on any atom is 0.317 e. The highest BCUT2D eigenvalue weighted by atomic mass is 35.5. The van der Waals surface area contributed by atoms with Crippen LogP contribution >= 0.6 is 23.4 Å². The molecule has 2 aromatic rings. The van der Waals surface area contributed by atoms with Gasteiger partial charge in [0.2, 0.25) is 82.7 Å². The molecule has 21 N–H and O–H groups in total. The lowest BCUT2D eigenvalue weighted by Crippen LogP contribution is -2.60. The van der Waals surface area contributed by atoms with Gasteiger partial charge in [-0.2, -0.15) is 11.8 Å². The maximum atomic E-state index is 14.3. The smallest absolute Gasteiger partial charge is 0.317 e. The number of carbonyl (C=O) groups excluding carboxylic acids is 14. The molecule has 0 radical (unpaired) electrons. The van der Waals surface area contributed by atoms with E-state index in [1.165, 1.54) is 43.2 Å². The van der Waals surface area contributed by atoms with Crippen molar-refractivity contribution < 1.29 is 107 Å². The first-order valence-electron chi connectivity index (χ1n) is 34.9. The zero-order valence-electron chi connectivity index (χ0n) is 60.9. The molecule has 0 aliphatic heterocycles. The number of carboxylic acid groups (broad SMARTS) is 4. The van der Waals surface area contributed by atoms with Gasteiger partial charge in [0.1, 0.15) is 42.1 Å². The van der Waals surface area contributed by atoms with E-state index in [-0.39, 0.29) is 122 Å². The van der Waals surface area contributed by atoms with E-state index in [1.54, 1.807) is 19.3 Å². The van der Waals surface area contributed by atoms with E-state index in [2.05, 4.69) is 89.1 Å². The first-order chi connectivity index (χ1) is 51.8. The van der Waals surface area contributed by atoms with Crippen molar-refractivity contribution in [1.82, 2.24) is 104 Å². The third kappa shape index (κ3) is 45.0. The number of carboxylic acids is 4. The van der Waals surface area contributed by atoms with Crippen molar-refractivity contribution in [2.45, 2.75) is 134 Å². The summed E-state index contributed by atoms with van der Waals surface area (Å²) in [5, 5.41) is 70.5. The first kappa shape index (κ1) is 94.5. The van der Waals surface area contributed by atoms with Crippen LogP contribution < -0.4 is 74.9 Å². The molecule has 45 heteroatoms. The molecule has 0 saturated carbocycles. The van der Waals surface area contributed by atoms with Gasteiger partial charge in [0, 0.05) is 127 Å². The third-order valence-corrected chi connectivity index (χ3v) is 16.8. The summed E-state index contributed by atoms with van der Waals surface area (Å²) in [4.78, 5) is 246. The Balaban J connectivity index is 2.28. The van der Waals surface area contributed by atoms with E-state index in [0.29, 0.717) is 31.7 Å². The number of hydrogen-bond donors (Lipinski definition) is 20. The SMILES string of the molecule is CCSC[C@@H](NC(=O)CCl)C(=O)NC[C@H](NC(=O)CN(CCN(CCN(CC(=O)O)CC(=O)O)CC(=O)O)CC(=O)O)C(=O)N[C@H](C)C(=O)N[C@H](CCCCNC(=O)CNC(=O)CCC(=O)NCCc1cnc[nH]1)C(=O)N[C@H](C)C(=O)N[C@H](CCCCNC(=O)CNC(=O)CCC(=O)NCCc1cnc[nH]1)C(N)=O. The van der Waals surface area contributed by atoms with Crippen molar-refractivity contribution in [2.24, 2.45) is 5.73 Å². The molecule has 2 heterocycles. The summed E-state index contributed by atoms with van der Waals surface area (Å²) in [6.45, 7) is -1.64. The fraction of sp³-hybridized carbons (Fsp3) is 0.625. The minimum Gasteiger partial charge on any atom is -0.480 e. The number of H-pyrrole nitrogens is 2. The van der Waals surface area contributed by atoms with Crippen LogP contribution in [0.5, 0.6) is 0 Å². The third-order valence-electron chi connectivity index (χ3n) is 15.5. The fourth-order valence-electron chi connectivity index (χ4n) is 9.77. The number of nitrogens with one attached hydrogen (secondary N) is 15. The molecule has 0 aliphatic rings. The summed E-state index contributed by atoms with van der Waals surface area (Å²) in [6, 6.07) is -8.89. The molecule has 2 rings (SSSR count). The average molecular weight is 1590 g/mol. The van der Waals surface area contributed by atoms with Crippen molar-refractivity contribution >= 4 is 130 Å². The van der Waals surface area contributed by atoms with Crippen molar-refractivity contribution in [2.75, 3.05) is 122 Å². The molecular formula is C64H102ClN21O22S. The number of alkyl halides is 1. The van der Waals surface area contributed by atoms with Crippen LogP contribution in [0, 0.1) is 0 Å². The highest BCUT2D eigenvalue weighted by Gasteiger charge is 2.32. The quantitative estimate of drug-likeness (QED) is 0.0216. The van der Waals surface area contributed by atoms with Crippen LogP contribution in [-0.2, 0) is 99.1 Å². The highest BCUT2D eigenvalue weighted by Crippen LogP contribution is 2.08. The Labute approximate surface area is 636 Å². The van der Waals surface area contributed by atoms with Crippen LogP contribution in [-0.4, -0.2) is 320 Å². The van der Waals surface area contributed by atoms with Gasteiger partial charge in [-0.05, 0) is 58.1 Å². The van der Waals surface area contributed by atoms with E-state index >= 15 is 0 Å². The van der Waals surface area contributed by atoms with Gasteiger partial charge in [-0.25, -0.2) is 9.97 Å². The number of rotatable bonds is 60. The van der Waals surface area contributed by atoms with Crippen molar-refractivity contribution in [3.63, 3.8) is 0 Å². The zero-order chi connectivity index (χ0) is 81.2. The predicted octanol–water partition coefficient (Wildman–Crippen LogP) is -7.70. The van der Waals surface area contributed by atoms with Crippen LogP contribution in [0.4, 0.5) is 0 Å². The summed E-state index contributed by atoms with van der Waals surface area (Å²) < 4.78 is 0. The molecule has 6 atom stereocenters. The molecule has 109 heavy (non-hydrogen) atoms. The molecule has 0 spiro atoms. The van der Waals surface area contributed by atoms with Gasteiger partial charge in [-0.1, -0.05) is 6.92 Å². The topological polar surface area (TPSA) is 638 Å². The number of aromatic amines is 2. The van der Waals surface area contributed by atoms with Gasteiger partial charge >= 0.3 is 23.9 Å². The number of aliphatic carboxylic acids is 4. The molecule has 0 aliphatic carbocycles. The van der Waals surface area contributed by atoms with Gasteiger partial charge in [0.05, 0.1) is 58.5 Å². The standard InChI is InChI=1S/C64H102ClN21O22S/c1-4-109-36-46(81-51(91)25-65)62(106)75-28-45(80-54(94)31-85(33-56(97)98)23-21-84(32-55(95)96)22-24-86(34-57(99)100)35-58(101)102)64(108)79-40(3)61(105)83-44(10-6-8-18-70-53(93)30-74-50(90)14-12-48(88)72-20-16-42-27-68-38-77-42)63(107)78-39(2)60(104)82-43(59(66)103)9-5-7-17-69-52(92)29-73-49(89)13-11-47(87)71-19-15-41-26-67-37-76-41/h26-27,37-40,43-46H,4-25,28-36H2,1-3H3,(H2,66,103)(H,67,76)(H,68,77)(H,69,92)(H,70,93)(H,71,87)(H,72,88)(H,73,89)(H,74,90)(H,75,106)(H,78,107)(H,79,108)(H,80,94)(H,81,91)(H,82,104)(H,83,105)(H,95,96)(H,97,98)(H,99,100)(H,101,102)/t39-,40-,43-,44-,45+,46-/m1/s1.